The molecule has 0 spiro atoms. The minimum absolute atomic E-state index is 0.00348. The molecule has 2 N–H and O–H groups in total. The predicted molar refractivity (Wildman–Crippen MR) is 160 cm³/mol. The van der Waals surface area contributed by atoms with Crippen molar-refractivity contribution in [2.75, 3.05) is 30.0 Å². The van der Waals surface area contributed by atoms with Crippen molar-refractivity contribution in [2.24, 2.45) is 17.8 Å². The molecule has 220 valence electrons. The van der Waals surface area contributed by atoms with Crippen LogP contribution in [0.4, 0.5) is 11.8 Å². The molecule has 1 aliphatic heterocycles. The fraction of sp³-hybridized carbons (Fsp3) is 0.625. The number of aryl methyl sites for hydroxylation is 1. The van der Waals surface area contributed by atoms with Gasteiger partial charge in [0.25, 0.3) is 0 Å². The summed E-state index contributed by atoms with van der Waals surface area (Å²) in [6.07, 6.45) is 8.96. The number of benzene rings is 1. The summed E-state index contributed by atoms with van der Waals surface area (Å²) in [5, 5.41) is 13.1. The summed E-state index contributed by atoms with van der Waals surface area (Å²) >= 11 is 0. The number of aliphatic carboxylic acids is 1. The Morgan fingerprint density at radius 3 is 2.59 bits per heavy atom. The Balaban J connectivity index is 1.46. The van der Waals surface area contributed by atoms with Crippen molar-refractivity contribution in [3.63, 3.8) is 0 Å². The Labute approximate surface area is 242 Å². The first kappa shape index (κ1) is 27.9. The molecule has 3 heterocycles. The van der Waals surface area contributed by atoms with Crippen LogP contribution in [0.25, 0.3) is 11.2 Å². The number of carbonyl (C=O) groups is 1. The lowest BCUT2D eigenvalue weighted by atomic mass is 9.80. The summed E-state index contributed by atoms with van der Waals surface area (Å²) in [7, 11) is 0. The van der Waals surface area contributed by atoms with Crippen molar-refractivity contribution in [3.8, 4) is 0 Å². The summed E-state index contributed by atoms with van der Waals surface area (Å²) in [6, 6.07) is 10.9. The fourth-order valence-electron chi connectivity index (χ4n) is 6.73. The number of aromatic nitrogens is 4. The van der Waals surface area contributed by atoms with Crippen LogP contribution in [0.2, 0.25) is 0 Å². The highest BCUT2D eigenvalue weighted by Gasteiger charge is 2.33. The van der Waals surface area contributed by atoms with Gasteiger partial charge < -0.3 is 24.6 Å². The zero-order chi connectivity index (χ0) is 28.3. The number of rotatable bonds is 10. The van der Waals surface area contributed by atoms with Gasteiger partial charge in [0.2, 0.25) is 5.95 Å². The Morgan fingerprint density at radius 2 is 1.88 bits per heavy atom. The number of morpholine rings is 1. The topological polar surface area (TPSA) is 105 Å². The smallest absolute Gasteiger partial charge is 0.303 e. The molecule has 0 bridgehead atoms. The number of fused-ring (bicyclic) bond motifs is 1. The molecule has 0 unspecified atom stereocenters. The lowest BCUT2D eigenvalue weighted by Gasteiger charge is -2.37. The van der Waals surface area contributed by atoms with Crippen molar-refractivity contribution in [3.05, 3.63) is 41.7 Å². The van der Waals surface area contributed by atoms with E-state index in [4.69, 9.17) is 19.7 Å². The van der Waals surface area contributed by atoms with Crippen LogP contribution in [-0.4, -0.2) is 56.4 Å². The maximum atomic E-state index is 11.4. The maximum Gasteiger partial charge on any atom is 0.303 e. The standard InChI is InChI=1S/C32H44N6O3/c1-21-11-13-23(14-12-21)19-38-29-30(33-22(2)24-9-6-10-24)34-27(15-16-28(39)40)35-31(29)36-32(38)37-17-18-41-20-26(37)25-7-4-3-5-8-25/h3-5,7-8,21-24,26H,6,9-20H2,1-2H3,(H,39,40)(H,33,34,35)/t21?,22-,23?,26+/m1/s1. The molecular weight excluding hydrogens is 516 g/mol. The van der Waals surface area contributed by atoms with E-state index in [1.54, 1.807) is 0 Å². The molecule has 9 heteroatoms. The first-order chi connectivity index (χ1) is 20.0. The Hall–Kier alpha value is -3.20. The van der Waals surface area contributed by atoms with Gasteiger partial charge >= 0.3 is 5.97 Å². The van der Waals surface area contributed by atoms with Gasteiger partial charge in [-0.05, 0) is 55.9 Å². The molecule has 6 rings (SSSR count). The second-order valence-electron chi connectivity index (χ2n) is 12.5. The molecule has 0 amide bonds. The predicted octanol–water partition coefficient (Wildman–Crippen LogP) is 5.85. The number of hydrogen-bond acceptors (Lipinski definition) is 7. The molecule has 3 aromatic rings. The summed E-state index contributed by atoms with van der Waals surface area (Å²) in [5.74, 6) is 3.38. The summed E-state index contributed by atoms with van der Waals surface area (Å²) in [4.78, 5) is 28.9. The first-order valence-electron chi connectivity index (χ1n) is 15.6. The molecule has 3 aliphatic rings. The van der Waals surface area contributed by atoms with Gasteiger partial charge in [-0.25, -0.2) is 9.97 Å². The number of hydrogen-bond donors (Lipinski definition) is 2. The molecule has 1 saturated heterocycles. The summed E-state index contributed by atoms with van der Waals surface area (Å²) < 4.78 is 8.37. The summed E-state index contributed by atoms with van der Waals surface area (Å²) in [5.41, 5.74) is 2.81. The second-order valence-corrected chi connectivity index (χ2v) is 12.5. The van der Waals surface area contributed by atoms with E-state index in [1.807, 2.05) is 6.07 Å². The van der Waals surface area contributed by atoms with Crippen LogP contribution >= 0.6 is 0 Å². The third-order valence-corrected chi connectivity index (χ3v) is 9.56. The number of carboxylic acids is 1. The number of nitrogens with one attached hydrogen (secondary N) is 1. The van der Waals surface area contributed by atoms with Gasteiger partial charge in [-0.15, -0.1) is 0 Å². The number of ether oxygens (including phenoxy) is 1. The van der Waals surface area contributed by atoms with Crippen LogP contribution in [0.15, 0.2) is 30.3 Å². The lowest BCUT2D eigenvalue weighted by molar-refractivity contribution is -0.137. The second kappa shape index (κ2) is 12.3. The van der Waals surface area contributed by atoms with E-state index in [1.165, 1.54) is 50.5 Å². The average molecular weight is 561 g/mol. The molecule has 2 atom stereocenters. The molecule has 2 aliphatic carbocycles. The van der Waals surface area contributed by atoms with Gasteiger partial charge in [-0.2, -0.15) is 4.98 Å². The van der Waals surface area contributed by atoms with E-state index >= 15 is 0 Å². The number of imidazole rings is 1. The highest BCUT2D eigenvalue weighted by molar-refractivity contribution is 5.86. The van der Waals surface area contributed by atoms with Crippen LogP contribution in [0.1, 0.15) is 82.6 Å². The van der Waals surface area contributed by atoms with Crippen LogP contribution < -0.4 is 10.2 Å². The maximum absolute atomic E-state index is 11.4. The molecule has 2 saturated carbocycles. The third-order valence-electron chi connectivity index (χ3n) is 9.56. The normalized spacial score (nSPS) is 24.2. The van der Waals surface area contributed by atoms with E-state index in [9.17, 15) is 9.90 Å². The van der Waals surface area contributed by atoms with Gasteiger partial charge in [-0.1, -0.05) is 56.5 Å². The molecule has 3 fully saturated rings. The van der Waals surface area contributed by atoms with E-state index in [0.717, 1.165) is 36.3 Å². The van der Waals surface area contributed by atoms with Gasteiger partial charge in [-0.3, -0.25) is 4.79 Å². The van der Waals surface area contributed by atoms with Crippen molar-refractivity contribution in [2.45, 2.75) is 90.3 Å². The number of carboxylic acid groups (broad SMARTS) is 1. The lowest BCUT2D eigenvalue weighted by Crippen LogP contribution is -2.41. The van der Waals surface area contributed by atoms with E-state index in [0.29, 0.717) is 36.5 Å². The largest absolute Gasteiger partial charge is 0.481 e. The Bertz CT molecular complexity index is 1330. The van der Waals surface area contributed by atoms with Crippen molar-refractivity contribution < 1.29 is 14.6 Å². The summed E-state index contributed by atoms with van der Waals surface area (Å²) in [6.45, 7) is 7.47. The fourth-order valence-corrected chi connectivity index (χ4v) is 6.73. The average Bonchev–Trinajstić information content (AvgIpc) is 3.30. The quantitative estimate of drug-likeness (QED) is 0.318. The van der Waals surface area contributed by atoms with Crippen LogP contribution in [0.5, 0.6) is 0 Å². The third kappa shape index (κ3) is 6.20. The molecular formula is C32H44N6O3. The van der Waals surface area contributed by atoms with Crippen molar-refractivity contribution in [1.82, 2.24) is 19.5 Å². The molecule has 0 radical (unpaired) electrons. The van der Waals surface area contributed by atoms with Gasteiger partial charge in [0.05, 0.1) is 25.7 Å². The Morgan fingerprint density at radius 1 is 1.10 bits per heavy atom. The Kier molecular flexibility index (Phi) is 8.42. The van der Waals surface area contributed by atoms with Crippen molar-refractivity contribution >= 4 is 28.9 Å². The zero-order valence-corrected chi connectivity index (χ0v) is 24.5. The minimum atomic E-state index is -0.845. The van der Waals surface area contributed by atoms with E-state index < -0.39 is 5.97 Å². The highest BCUT2D eigenvalue weighted by Crippen LogP contribution is 2.38. The highest BCUT2D eigenvalue weighted by atomic mass is 16.5. The SMILES string of the molecule is CC1CCC(Cn2c(N3CCOC[C@H]3c3ccccc3)nc3nc(CCC(=O)O)nc(N[C@H](C)C4CCC4)c32)CC1. The molecule has 41 heavy (non-hydrogen) atoms. The molecule has 9 nitrogen and oxygen atoms in total. The minimum Gasteiger partial charge on any atom is -0.481 e. The van der Waals surface area contributed by atoms with Gasteiger partial charge in [0, 0.05) is 25.6 Å². The van der Waals surface area contributed by atoms with Crippen LogP contribution in [0.3, 0.4) is 0 Å². The van der Waals surface area contributed by atoms with E-state index in [-0.39, 0.29) is 24.9 Å². The van der Waals surface area contributed by atoms with Crippen LogP contribution in [-0.2, 0) is 22.5 Å². The first-order valence-corrected chi connectivity index (χ1v) is 15.6. The molecule has 2 aromatic heterocycles. The van der Waals surface area contributed by atoms with Gasteiger partial charge in [0.15, 0.2) is 11.5 Å². The van der Waals surface area contributed by atoms with Crippen molar-refractivity contribution in [1.29, 1.82) is 0 Å². The van der Waals surface area contributed by atoms with Crippen LogP contribution in [0, 0.1) is 17.8 Å². The molecule has 1 aromatic carbocycles. The number of anilines is 2. The monoisotopic (exact) mass is 560 g/mol. The zero-order valence-electron chi connectivity index (χ0n) is 24.5. The number of nitrogens with zero attached hydrogens (tertiary/aromatic N) is 5. The van der Waals surface area contributed by atoms with E-state index in [2.05, 4.69) is 52.9 Å². The van der Waals surface area contributed by atoms with Gasteiger partial charge in [0.1, 0.15) is 11.3 Å².